The van der Waals surface area contributed by atoms with E-state index in [-0.39, 0.29) is 30.4 Å². The number of ether oxygens (including phenoxy) is 1. The molecule has 0 radical (unpaired) electrons. The molecule has 2 unspecified atom stereocenters. The van der Waals surface area contributed by atoms with E-state index in [0.29, 0.717) is 39.2 Å². The summed E-state index contributed by atoms with van der Waals surface area (Å²) in [4.78, 5) is 39.4. The van der Waals surface area contributed by atoms with Crippen LogP contribution < -0.4 is 0 Å². The van der Waals surface area contributed by atoms with Crippen molar-refractivity contribution >= 4 is 23.2 Å². The van der Waals surface area contributed by atoms with Crippen molar-refractivity contribution in [3.05, 3.63) is 34.3 Å². The van der Waals surface area contributed by atoms with Crippen molar-refractivity contribution in [2.24, 2.45) is 5.41 Å². The van der Waals surface area contributed by atoms with E-state index in [1.807, 2.05) is 36.7 Å². The summed E-state index contributed by atoms with van der Waals surface area (Å²) in [5.41, 5.74) is 1.18. The van der Waals surface area contributed by atoms with E-state index in [1.165, 1.54) is 0 Å². The molecule has 2 aliphatic rings. The molecule has 0 aliphatic carbocycles. The highest BCUT2D eigenvalue weighted by Crippen LogP contribution is 2.50. The average Bonchev–Trinajstić information content (AvgIpc) is 3.51. The molecule has 4 rings (SSSR count). The summed E-state index contributed by atoms with van der Waals surface area (Å²) in [6.45, 7) is 10.7. The smallest absolute Gasteiger partial charge is 0.248 e. The Balaban J connectivity index is 1.61. The summed E-state index contributed by atoms with van der Waals surface area (Å²) in [5.74, 6) is -0.0740. The Kier molecular flexibility index (Phi) is 6.16. The van der Waals surface area contributed by atoms with Gasteiger partial charge in [0, 0.05) is 49.8 Å². The molecule has 2 aromatic heterocycles. The quantitative estimate of drug-likeness (QED) is 0.654. The van der Waals surface area contributed by atoms with E-state index in [2.05, 4.69) is 28.4 Å². The second-order valence-electron chi connectivity index (χ2n) is 8.79. The van der Waals surface area contributed by atoms with Gasteiger partial charge in [0.2, 0.25) is 11.8 Å². The largest absolute Gasteiger partial charge is 0.372 e. The number of carbonyl (C=O) groups is 2. The second-order valence-corrected chi connectivity index (χ2v) is 9.86. The molecule has 2 amide bonds. The topological polar surface area (TPSA) is 80.6 Å². The van der Waals surface area contributed by atoms with Gasteiger partial charge in [-0.3, -0.25) is 9.59 Å². The van der Waals surface area contributed by atoms with Crippen molar-refractivity contribution in [3.63, 3.8) is 0 Å². The standard InChI is InChI=1S/C22H31N5O3S/c1-5-30-11-20(28)26-9-18(19-10-27(14-23-19)15(2)3)22(13-26)6-7-25(21(22)29)8-17-12-31-16(4)24-17/h10,12,14-15,18H,5-9,11,13H2,1-4H3. The third-order valence-corrected chi connectivity index (χ3v) is 7.28. The summed E-state index contributed by atoms with van der Waals surface area (Å²) in [6, 6.07) is 0.290. The fraction of sp³-hybridized carbons (Fsp3) is 0.636. The molecule has 4 heterocycles. The number of imidazole rings is 1. The first-order chi connectivity index (χ1) is 14.8. The highest BCUT2D eigenvalue weighted by Gasteiger charge is 2.58. The molecule has 0 N–H and O–H groups in total. The van der Waals surface area contributed by atoms with E-state index < -0.39 is 5.41 Å². The van der Waals surface area contributed by atoms with Crippen molar-refractivity contribution in [2.75, 3.05) is 32.8 Å². The van der Waals surface area contributed by atoms with Crippen molar-refractivity contribution < 1.29 is 14.3 Å². The first-order valence-electron chi connectivity index (χ1n) is 10.9. The highest BCUT2D eigenvalue weighted by molar-refractivity contribution is 7.09. The van der Waals surface area contributed by atoms with Gasteiger partial charge < -0.3 is 19.1 Å². The number of likely N-dealkylation sites (tertiary alicyclic amines) is 2. The summed E-state index contributed by atoms with van der Waals surface area (Å²) in [7, 11) is 0. The Morgan fingerprint density at radius 1 is 1.42 bits per heavy atom. The Morgan fingerprint density at radius 3 is 2.87 bits per heavy atom. The molecule has 1 spiro atoms. The molecule has 2 saturated heterocycles. The van der Waals surface area contributed by atoms with Gasteiger partial charge in [0.05, 0.1) is 34.7 Å². The summed E-state index contributed by atoms with van der Waals surface area (Å²) in [6.07, 6.45) is 4.58. The first-order valence-corrected chi connectivity index (χ1v) is 11.8. The van der Waals surface area contributed by atoms with E-state index in [0.717, 1.165) is 16.4 Å². The van der Waals surface area contributed by atoms with Crippen LogP contribution in [0.5, 0.6) is 0 Å². The lowest BCUT2D eigenvalue weighted by atomic mass is 9.75. The maximum atomic E-state index is 13.7. The van der Waals surface area contributed by atoms with E-state index in [1.54, 1.807) is 16.2 Å². The molecule has 8 nitrogen and oxygen atoms in total. The second kappa shape index (κ2) is 8.70. The van der Waals surface area contributed by atoms with Gasteiger partial charge in [0.1, 0.15) is 6.61 Å². The number of carbonyl (C=O) groups excluding carboxylic acids is 2. The molecule has 2 aliphatic heterocycles. The third-order valence-electron chi connectivity index (χ3n) is 6.46. The zero-order valence-corrected chi connectivity index (χ0v) is 19.5. The van der Waals surface area contributed by atoms with Gasteiger partial charge in [-0.15, -0.1) is 11.3 Å². The number of amides is 2. The van der Waals surface area contributed by atoms with Crippen molar-refractivity contribution in [2.45, 2.75) is 52.6 Å². The van der Waals surface area contributed by atoms with E-state index in [9.17, 15) is 9.59 Å². The lowest BCUT2D eigenvalue weighted by molar-refractivity contribution is -0.138. The van der Waals surface area contributed by atoms with Crippen LogP contribution in [-0.2, 0) is 20.9 Å². The van der Waals surface area contributed by atoms with Crippen molar-refractivity contribution in [1.29, 1.82) is 0 Å². The van der Waals surface area contributed by atoms with Crippen LogP contribution in [-0.4, -0.2) is 69.0 Å². The van der Waals surface area contributed by atoms with Crippen molar-refractivity contribution in [3.8, 4) is 0 Å². The van der Waals surface area contributed by atoms with Crippen molar-refractivity contribution in [1.82, 2.24) is 24.3 Å². The zero-order valence-electron chi connectivity index (χ0n) is 18.7. The summed E-state index contributed by atoms with van der Waals surface area (Å²) >= 11 is 1.60. The molecule has 2 atom stereocenters. The predicted molar refractivity (Wildman–Crippen MR) is 118 cm³/mol. The first kappa shape index (κ1) is 22.0. The zero-order chi connectivity index (χ0) is 22.2. The van der Waals surface area contributed by atoms with Crippen LogP contribution >= 0.6 is 11.3 Å². The normalized spacial score (nSPS) is 23.6. The van der Waals surface area contributed by atoms with Crippen LogP contribution in [0.15, 0.2) is 17.9 Å². The number of thiazole rings is 1. The monoisotopic (exact) mass is 445 g/mol. The van der Waals surface area contributed by atoms with Gasteiger partial charge >= 0.3 is 0 Å². The molecule has 2 fully saturated rings. The van der Waals surface area contributed by atoms with Crippen LogP contribution in [0.1, 0.15) is 55.5 Å². The molecule has 9 heteroatoms. The Bertz CT molecular complexity index is 955. The molecule has 31 heavy (non-hydrogen) atoms. The third kappa shape index (κ3) is 4.13. The number of nitrogens with zero attached hydrogens (tertiary/aromatic N) is 5. The van der Waals surface area contributed by atoms with Crippen LogP contribution in [0, 0.1) is 12.3 Å². The van der Waals surface area contributed by atoms with Crippen LogP contribution in [0.25, 0.3) is 0 Å². The Morgan fingerprint density at radius 2 is 2.23 bits per heavy atom. The van der Waals surface area contributed by atoms with Crippen LogP contribution in [0.4, 0.5) is 0 Å². The Hall–Kier alpha value is -2.26. The SMILES string of the molecule is CCOCC(=O)N1CC(c2cn(C(C)C)cn2)C2(CCN(Cc3csc(C)n3)C2=O)C1. The molecular weight excluding hydrogens is 414 g/mol. The maximum Gasteiger partial charge on any atom is 0.248 e. The number of hydrogen-bond acceptors (Lipinski definition) is 6. The molecule has 0 bridgehead atoms. The number of aryl methyl sites for hydroxylation is 1. The van der Waals surface area contributed by atoms with Gasteiger partial charge in [-0.25, -0.2) is 9.97 Å². The fourth-order valence-electron chi connectivity index (χ4n) is 4.73. The van der Waals surface area contributed by atoms with Gasteiger partial charge in [-0.1, -0.05) is 0 Å². The van der Waals surface area contributed by atoms with Crippen LogP contribution in [0.2, 0.25) is 0 Å². The minimum atomic E-state index is -0.636. The Labute approximate surface area is 187 Å². The molecule has 0 saturated carbocycles. The number of hydrogen-bond donors (Lipinski definition) is 0. The summed E-state index contributed by atoms with van der Waals surface area (Å²) in [5, 5.41) is 3.02. The fourth-order valence-corrected chi connectivity index (χ4v) is 5.33. The maximum absolute atomic E-state index is 13.7. The van der Waals surface area contributed by atoms with Gasteiger partial charge in [0.15, 0.2) is 0 Å². The minimum Gasteiger partial charge on any atom is -0.372 e. The molecule has 168 valence electrons. The van der Waals surface area contributed by atoms with Gasteiger partial charge in [-0.2, -0.15) is 0 Å². The number of aromatic nitrogens is 3. The average molecular weight is 446 g/mol. The summed E-state index contributed by atoms with van der Waals surface area (Å²) < 4.78 is 7.41. The lowest BCUT2D eigenvalue weighted by Crippen LogP contribution is -2.40. The van der Waals surface area contributed by atoms with E-state index >= 15 is 0 Å². The number of rotatable bonds is 7. The molecule has 2 aromatic rings. The van der Waals surface area contributed by atoms with Crippen LogP contribution in [0.3, 0.4) is 0 Å². The lowest BCUT2D eigenvalue weighted by Gasteiger charge is -2.27. The van der Waals surface area contributed by atoms with Gasteiger partial charge in [0.25, 0.3) is 0 Å². The van der Waals surface area contributed by atoms with E-state index in [4.69, 9.17) is 4.74 Å². The molecular formula is C22H31N5O3S. The minimum absolute atomic E-state index is 0.0513. The molecule has 0 aromatic carbocycles. The predicted octanol–water partition coefficient (Wildman–Crippen LogP) is 2.61. The van der Waals surface area contributed by atoms with Gasteiger partial charge in [-0.05, 0) is 34.1 Å². The highest BCUT2D eigenvalue weighted by atomic mass is 32.1.